The van der Waals surface area contributed by atoms with Crippen LogP contribution in [0.15, 0.2) is 42.6 Å². The monoisotopic (exact) mass is 175 g/mol. The zero-order valence-electron chi connectivity index (χ0n) is 7.95. The van der Waals surface area contributed by atoms with E-state index < -0.39 is 0 Å². The lowest BCUT2D eigenvalue weighted by molar-refractivity contribution is 0.100. The standard InChI is InChI=1S/C11H13NO/c1-9(12(2)3)11(13)10-7-5-4-6-8-10/h4-8H,1H2,2-3H3. The van der Waals surface area contributed by atoms with Gasteiger partial charge in [0.2, 0.25) is 5.78 Å². The van der Waals surface area contributed by atoms with Gasteiger partial charge in [0, 0.05) is 19.7 Å². The molecule has 0 bridgehead atoms. The number of hydrogen-bond acceptors (Lipinski definition) is 2. The summed E-state index contributed by atoms with van der Waals surface area (Å²) in [5, 5.41) is 0. The minimum Gasteiger partial charge on any atom is -0.375 e. The molecule has 0 unspecified atom stereocenters. The second-order valence-electron chi connectivity index (χ2n) is 3.04. The number of carbonyl (C=O) groups excluding carboxylic acids is 1. The number of carbonyl (C=O) groups is 1. The quantitative estimate of drug-likeness (QED) is 0.517. The fourth-order valence-electron chi connectivity index (χ4n) is 0.959. The first-order valence-electron chi connectivity index (χ1n) is 4.09. The van der Waals surface area contributed by atoms with Crippen molar-refractivity contribution in [2.24, 2.45) is 0 Å². The maximum atomic E-state index is 11.6. The topological polar surface area (TPSA) is 20.3 Å². The van der Waals surface area contributed by atoms with Crippen LogP contribution in [-0.4, -0.2) is 24.8 Å². The van der Waals surface area contributed by atoms with Gasteiger partial charge in [-0.1, -0.05) is 36.9 Å². The van der Waals surface area contributed by atoms with E-state index in [9.17, 15) is 4.79 Å². The first-order valence-corrected chi connectivity index (χ1v) is 4.09. The summed E-state index contributed by atoms with van der Waals surface area (Å²) < 4.78 is 0. The minimum absolute atomic E-state index is 0.0226. The van der Waals surface area contributed by atoms with E-state index >= 15 is 0 Å². The Morgan fingerprint density at radius 1 is 1.23 bits per heavy atom. The van der Waals surface area contributed by atoms with Gasteiger partial charge in [0.1, 0.15) is 0 Å². The summed E-state index contributed by atoms with van der Waals surface area (Å²) in [6.45, 7) is 3.71. The lowest BCUT2D eigenvalue weighted by Gasteiger charge is -2.13. The number of rotatable bonds is 3. The zero-order chi connectivity index (χ0) is 9.84. The van der Waals surface area contributed by atoms with Crippen LogP contribution in [0, 0.1) is 0 Å². The Morgan fingerprint density at radius 2 is 1.77 bits per heavy atom. The van der Waals surface area contributed by atoms with E-state index in [1.54, 1.807) is 17.0 Å². The molecule has 0 aliphatic rings. The Hall–Kier alpha value is -1.57. The molecule has 0 atom stereocenters. The van der Waals surface area contributed by atoms with E-state index in [0.717, 1.165) is 0 Å². The molecule has 0 radical (unpaired) electrons. The lowest BCUT2D eigenvalue weighted by Crippen LogP contribution is -2.18. The van der Waals surface area contributed by atoms with E-state index in [0.29, 0.717) is 11.3 Å². The maximum Gasteiger partial charge on any atom is 0.208 e. The van der Waals surface area contributed by atoms with Crippen molar-refractivity contribution >= 4 is 5.78 Å². The molecule has 0 fully saturated rings. The Morgan fingerprint density at radius 3 is 2.23 bits per heavy atom. The average Bonchev–Trinajstić information content (AvgIpc) is 2.17. The Balaban J connectivity index is 2.87. The van der Waals surface area contributed by atoms with Crippen molar-refractivity contribution in [1.82, 2.24) is 4.90 Å². The second-order valence-corrected chi connectivity index (χ2v) is 3.04. The Labute approximate surface area is 78.5 Å². The highest BCUT2D eigenvalue weighted by Crippen LogP contribution is 2.07. The van der Waals surface area contributed by atoms with Gasteiger partial charge in [-0.05, 0) is 0 Å². The molecule has 68 valence electrons. The predicted octanol–water partition coefficient (Wildman–Crippen LogP) is 1.94. The summed E-state index contributed by atoms with van der Waals surface area (Å²) in [4.78, 5) is 13.4. The van der Waals surface area contributed by atoms with Crippen molar-refractivity contribution in [3.8, 4) is 0 Å². The van der Waals surface area contributed by atoms with E-state index in [1.165, 1.54) is 0 Å². The van der Waals surface area contributed by atoms with Gasteiger partial charge in [-0.15, -0.1) is 0 Å². The van der Waals surface area contributed by atoms with Gasteiger partial charge >= 0.3 is 0 Å². The van der Waals surface area contributed by atoms with Gasteiger partial charge < -0.3 is 4.90 Å². The molecule has 0 aliphatic carbocycles. The molecular formula is C11H13NO. The van der Waals surface area contributed by atoms with Crippen LogP contribution in [0.1, 0.15) is 10.4 Å². The Kier molecular flexibility index (Phi) is 2.85. The molecule has 0 aromatic heterocycles. The molecule has 2 heteroatoms. The van der Waals surface area contributed by atoms with Gasteiger partial charge in [-0.25, -0.2) is 0 Å². The van der Waals surface area contributed by atoms with Crippen molar-refractivity contribution in [3.05, 3.63) is 48.2 Å². The molecular weight excluding hydrogens is 162 g/mol. The predicted molar refractivity (Wildman–Crippen MR) is 53.6 cm³/mol. The van der Waals surface area contributed by atoms with Crippen LogP contribution in [0.25, 0.3) is 0 Å². The molecule has 0 amide bonds. The molecule has 2 nitrogen and oxygen atoms in total. The number of ketones is 1. The van der Waals surface area contributed by atoms with Crippen LogP contribution in [0.5, 0.6) is 0 Å². The summed E-state index contributed by atoms with van der Waals surface area (Å²) >= 11 is 0. The number of Topliss-reactive ketones (excluding diaryl/α,β-unsaturated/α-hetero) is 1. The van der Waals surface area contributed by atoms with Gasteiger partial charge in [-0.3, -0.25) is 4.79 Å². The number of likely N-dealkylation sites (N-methyl/N-ethyl adjacent to an activating group) is 1. The molecule has 0 saturated heterocycles. The third-order valence-corrected chi connectivity index (χ3v) is 1.84. The summed E-state index contributed by atoms with van der Waals surface area (Å²) in [5.74, 6) is -0.0226. The van der Waals surface area contributed by atoms with Crippen molar-refractivity contribution in [1.29, 1.82) is 0 Å². The molecule has 1 rings (SSSR count). The highest BCUT2D eigenvalue weighted by molar-refractivity contribution is 6.07. The molecule has 1 aromatic rings. The number of benzene rings is 1. The van der Waals surface area contributed by atoms with Crippen LogP contribution < -0.4 is 0 Å². The fraction of sp³-hybridized carbons (Fsp3) is 0.182. The first-order chi connectivity index (χ1) is 6.13. The van der Waals surface area contributed by atoms with Gasteiger partial charge in [0.05, 0.1) is 5.70 Å². The molecule has 0 heterocycles. The van der Waals surface area contributed by atoms with Crippen LogP contribution in [-0.2, 0) is 0 Å². The summed E-state index contributed by atoms with van der Waals surface area (Å²) in [6.07, 6.45) is 0. The minimum atomic E-state index is -0.0226. The normalized spacial score (nSPS) is 9.38. The molecule has 0 aliphatic heterocycles. The van der Waals surface area contributed by atoms with Crippen molar-refractivity contribution in [2.75, 3.05) is 14.1 Å². The molecule has 0 saturated carbocycles. The highest BCUT2D eigenvalue weighted by Gasteiger charge is 2.10. The van der Waals surface area contributed by atoms with Crippen molar-refractivity contribution in [2.45, 2.75) is 0 Å². The number of allylic oxidation sites excluding steroid dienone is 1. The summed E-state index contributed by atoms with van der Waals surface area (Å²) in [5.41, 5.74) is 1.19. The van der Waals surface area contributed by atoms with E-state index in [2.05, 4.69) is 6.58 Å². The van der Waals surface area contributed by atoms with Crippen molar-refractivity contribution < 1.29 is 4.79 Å². The SMILES string of the molecule is C=C(C(=O)c1ccccc1)N(C)C. The van der Waals surface area contributed by atoms with Crippen LogP contribution in [0.4, 0.5) is 0 Å². The largest absolute Gasteiger partial charge is 0.375 e. The third kappa shape index (κ3) is 2.18. The Bertz CT molecular complexity index is 314. The van der Waals surface area contributed by atoms with E-state index in [1.807, 2.05) is 32.3 Å². The molecule has 0 N–H and O–H groups in total. The molecule has 1 aromatic carbocycles. The average molecular weight is 175 g/mol. The van der Waals surface area contributed by atoms with Crippen molar-refractivity contribution in [3.63, 3.8) is 0 Å². The summed E-state index contributed by atoms with van der Waals surface area (Å²) in [7, 11) is 3.62. The van der Waals surface area contributed by atoms with Crippen LogP contribution in [0.3, 0.4) is 0 Å². The third-order valence-electron chi connectivity index (χ3n) is 1.84. The van der Waals surface area contributed by atoms with Gasteiger partial charge in [0.25, 0.3) is 0 Å². The smallest absolute Gasteiger partial charge is 0.208 e. The number of nitrogens with zero attached hydrogens (tertiary/aromatic N) is 1. The van der Waals surface area contributed by atoms with Gasteiger partial charge in [0.15, 0.2) is 0 Å². The van der Waals surface area contributed by atoms with E-state index in [-0.39, 0.29) is 5.78 Å². The summed E-state index contributed by atoms with van der Waals surface area (Å²) in [6, 6.07) is 9.15. The first kappa shape index (κ1) is 9.52. The van der Waals surface area contributed by atoms with Crippen LogP contribution >= 0.6 is 0 Å². The zero-order valence-corrected chi connectivity index (χ0v) is 7.95. The molecule has 0 spiro atoms. The number of hydrogen-bond donors (Lipinski definition) is 0. The lowest BCUT2D eigenvalue weighted by atomic mass is 10.1. The maximum absolute atomic E-state index is 11.6. The second kappa shape index (κ2) is 3.90. The van der Waals surface area contributed by atoms with E-state index in [4.69, 9.17) is 0 Å². The van der Waals surface area contributed by atoms with Gasteiger partial charge in [-0.2, -0.15) is 0 Å². The fourth-order valence-corrected chi connectivity index (χ4v) is 0.959. The van der Waals surface area contributed by atoms with Crippen LogP contribution in [0.2, 0.25) is 0 Å². The molecule has 13 heavy (non-hydrogen) atoms. The highest BCUT2D eigenvalue weighted by atomic mass is 16.1.